The maximum atomic E-state index is 11.4. The highest BCUT2D eigenvalue weighted by Gasteiger charge is 2.21. The molecule has 1 saturated heterocycles. The first-order chi connectivity index (χ1) is 10.1. The number of methoxy groups -OCH3 is 1. The molecule has 1 aromatic rings. The predicted octanol–water partition coefficient (Wildman–Crippen LogP) is 0.443. The standard InChI is InChI=1S/C15H24N4O2/c1-12(15(20)17-16)11-18-7-9-19(10-8-18)13-3-5-14(21-2)6-4-13/h3-6,12H,7-11,16H2,1-2H3,(H,17,20). The number of hydrazine groups is 1. The number of rotatable bonds is 5. The monoisotopic (exact) mass is 292 g/mol. The fourth-order valence-corrected chi connectivity index (χ4v) is 2.59. The molecule has 1 fully saturated rings. The summed E-state index contributed by atoms with van der Waals surface area (Å²) < 4.78 is 5.18. The number of ether oxygens (including phenoxy) is 1. The van der Waals surface area contributed by atoms with Crippen molar-refractivity contribution in [3.05, 3.63) is 24.3 Å². The van der Waals surface area contributed by atoms with Crippen LogP contribution in [0.1, 0.15) is 6.92 Å². The van der Waals surface area contributed by atoms with Gasteiger partial charge in [-0.05, 0) is 24.3 Å². The molecule has 1 heterocycles. The van der Waals surface area contributed by atoms with Crippen molar-refractivity contribution in [3.8, 4) is 5.75 Å². The summed E-state index contributed by atoms with van der Waals surface area (Å²) in [5.74, 6) is 5.85. The zero-order valence-corrected chi connectivity index (χ0v) is 12.7. The van der Waals surface area contributed by atoms with Crippen molar-refractivity contribution in [3.63, 3.8) is 0 Å². The van der Waals surface area contributed by atoms with Crippen LogP contribution in [-0.2, 0) is 4.79 Å². The van der Waals surface area contributed by atoms with E-state index in [2.05, 4.69) is 27.4 Å². The lowest BCUT2D eigenvalue weighted by Gasteiger charge is -2.37. The van der Waals surface area contributed by atoms with Gasteiger partial charge in [0, 0.05) is 44.3 Å². The van der Waals surface area contributed by atoms with E-state index >= 15 is 0 Å². The van der Waals surface area contributed by atoms with Gasteiger partial charge < -0.3 is 9.64 Å². The Balaban J connectivity index is 1.83. The topological polar surface area (TPSA) is 70.8 Å². The molecule has 0 spiro atoms. The molecule has 1 amide bonds. The Hall–Kier alpha value is -1.79. The summed E-state index contributed by atoms with van der Waals surface area (Å²) in [4.78, 5) is 16.1. The largest absolute Gasteiger partial charge is 0.497 e. The molecule has 6 nitrogen and oxygen atoms in total. The van der Waals surface area contributed by atoms with Gasteiger partial charge in [-0.1, -0.05) is 6.92 Å². The van der Waals surface area contributed by atoms with Gasteiger partial charge in [0.05, 0.1) is 7.11 Å². The Morgan fingerprint density at radius 2 is 1.90 bits per heavy atom. The van der Waals surface area contributed by atoms with Gasteiger partial charge in [0.15, 0.2) is 0 Å². The van der Waals surface area contributed by atoms with Crippen LogP contribution in [-0.4, -0.2) is 50.6 Å². The summed E-state index contributed by atoms with van der Waals surface area (Å²) in [6.07, 6.45) is 0. The molecule has 0 saturated carbocycles. The van der Waals surface area contributed by atoms with Gasteiger partial charge >= 0.3 is 0 Å². The molecule has 2 rings (SSSR count). The molecule has 1 unspecified atom stereocenters. The molecule has 1 atom stereocenters. The van der Waals surface area contributed by atoms with E-state index in [9.17, 15) is 4.79 Å². The molecule has 1 aliphatic heterocycles. The zero-order chi connectivity index (χ0) is 15.2. The lowest BCUT2D eigenvalue weighted by atomic mass is 10.1. The van der Waals surface area contributed by atoms with Crippen LogP contribution in [0.3, 0.4) is 0 Å². The summed E-state index contributed by atoms with van der Waals surface area (Å²) >= 11 is 0. The number of hydrogen-bond acceptors (Lipinski definition) is 5. The summed E-state index contributed by atoms with van der Waals surface area (Å²) in [6.45, 7) is 6.48. The van der Waals surface area contributed by atoms with E-state index in [1.54, 1.807) is 7.11 Å². The van der Waals surface area contributed by atoms with Gasteiger partial charge in [-0.15, -0.1) is 0 Å². The normalized spacial score (nSPS) is 17.4. The third-order valence-electron chi connectivity index (χ3n) is 3.93. The fraction of sp³-hybridized carbons (Fsp3) is 0.533. The smallest absolute Gasteiger partial charge is 0.237 e. The predicted molar refractivity (Wildman–Crippen MR) is 83.1 cm³/mol. The number of hydrogen-bond donors (Lipinski definition) is 2. The Labute approximate surface area is 125 Å². The lowest BCUT2D eigenvalue weighted by molar-refractivity contribution is -0.125. The van der Waals surface area contributed by atoms with Crippen LogP contribution >= 0.6 is 0 Å². The molecular formula is C15H24N4O2. The molecule has 3 N–H and O–H groups in total. The van der Waals surface area contributed by atoms with Gasteiger partial charge in [-0.3, -0.25) is 15.1 Å². The number of nitrogens with zero attached hydrogens (tertiary/aromatic N) is 2. The fourth-order valence-electron chi connectivity index (χ4n) is 2.59. The van der Waals surface area contributed by atoms with Crippen molar-refractivity contribution in [2.45, 2.75) is 6.92 Å². The Morgan fingerprint density at radius 1 is 1.29 bits per heavy atom. The molecule has 0 bridgehead atoms. The van der Waals surface area contributed by atoms with Gasteiger partial charge in [0.25, 0.3) is 0 Å². The van der Waals surface area contributed by atoms with Gasteiger partial charge in [0.2, 0.25) is 5.91 Å². The summed E-state index contributed by atoms with van der Waals surface area (Å²) in [5.41, 5.74) is 3.42. The number of amides is 1. The minimum absolute atomic E-state index is 0.0810. The first-order valence-electron chi connectivity index (χ1n) is 7.26. The summed E-state index contributed by atoms with van der Waals surface area (Å²) in [7, 11) is 1.67. The summed E-state index contributed by atoms with van der Waals surface area (Å²) in [5, 5.41) is 0. The minimum atomic E-state index is -0.104. The Kier molecular flexibility index (Phi) is 5.41. The van der Waals surface area contributed by atoms with Crippen molar-refractivity contribution in [2.24, 2.45) is 11.8 Å². The van der Waals surface area contributed by atoms with Crippen molar-refractivity contribution in [1.29, 1.82) is 0 Å². The van der Waals surface area contributed by atoms with Crippen LogP contribution in [0.4, 0.5) is 5.69 Å². The number of piperazine rings is 1. The highest BCUT2D eigenvalue weighted by atomic mass is 16.5. The maximum Gasteiger partial charge on any atom is 0.237 e. The quantitative estimate of drug-likeness (QED) is 0.468. The second kappa shape index (κ2) is 7.28. The number of benzene rings is 1. The Morgan fingerprint density at radius 3 is 2.43 bits per heavy atom. The number of nitrogens with one attached hydrogen (secondary N) is 1. The highest BCUT2D eigenvalue weighted by Crippen LogP contribution is 2.20. The highest BCUT2D eigenvalue weighted by molar-refractivity contribution is 5.77. The maximum absolute atomic E-state index is 11.4. The first-order valence-corrected chi connectivity index (χ1v) is 7.26. The molecule has 21 heavy (non-hydrogen) atoms. The molecule has 116 valence electrons. The van der Waals surface area contributed by atoms with Crippen LogP contribution in [0.2, 0.25) is 0 Å². The number of anilines is 1. The van der Waals surface area contributed by atoms with Crippen LogP contribution in [0.25, 0.3) is 0 Å². The number of carbonyl (C=O) groups is 1. The van der Waals surface area contributed by atoms with E-state index in [0.29, 0.717) is 0 Å². The molecule has 1 aliphatic rings. The first kappa shape index (κ1) is 15.6. The minimum Gasteiger partial charge on any atom is -0.497 e. The molecule has 1 aromatic carbocycles. The molecule has 0 radical (unpaired) electrons. The molecule has 6 heteroatoms. The third-order valence-corrected chi connectivity index (χ3v) is 3.93. The Bertz CT molecular complexity index is 455. The van der Waals surface area contributed by atoms with Crippen molar-refractivity contribution in [1.82, 2.24) is 10.3 Å². The van der Waals surface area contributed by atoms with Gasteiger partial charge in [0.1, 0.15) is 5.75 Å². The SMILES string of the molecule is COc1ccc(N2CCN(CC(C)C(=O)NN)CC2)cc1. The van der Waals surface area contributed by atoms with E-state index in [-0.39, 0.29) is 11.8 Å². The van der Waals surface area contributed by atoms with Gasteiger partial charge in [-0.25, -0.2) is 5.84 Å². The van der Waals surface area contributed by atoms with Crippen LogP contribution in [0, 0.1) is 5.92 Å². The van der Waals surface area contributed by atoms with E-state index in [4.69, 9.17) is 10.6 Å². The zero-order valence-electron chi connectivity index (χ0n) is 12.7. The van der Waals surface area contributed by atoms with Gasteiger partial charge in [-0.2, -0.15) is 0 Å². The second-order valence-electron chi connectivity index (χ2n) is 5.40. The number of carbonyl (C=O) groups excluding carboxylic acids is 1. The third kappa shape index (κ3) is 4.09. The van der Waals surface area contributed by atoms with Crippen molar-refractivity contribution in [2.75, 3.05) is 44.7 Å². The molecule has 0 aliphatic carbocycles. The average molecular weight is 292 g/mol. The van der Waals surface area contributed by atoms with Crippen molar-refractivity contribution < 1.29 is 9.53 Å². The summed E-state index contributed by atoms with van der Waals surface area (Å²) in [6, 6.07) is 8.13. The van der Waals surface area contributed by atoms with Crippen LogP contribution in [0.5, 0.6) is 5.75 Å². The number of nitrogens with two attached hydrogens (primary N) is 1. The van der Waals surface area contributed by atoms with Crippen molar-refractivity contribution >= 4 is 11.6 Å². The lowest BCUT2D eigenvalue weighted by Crippen LogP contribution is -2.49. The van der Waals surface area contributed by atoms with E-state index < -0.39 is 0 Å². The second-order valence-corrected chi connectivity index (χ2v) is 5.40. The van der Waals surface area contributed by atoms with E-state index in [1.807, 2.05) is 19.1 Å². The average Bonchev–Trinajstić information content (AvgIpc) is 2.55. The van der Waals surface area contributed by atoms with E-state index in [1.165, 1.54) is 5.69 Å². The van der Waals surface area contributed by atoms with Crippen LogP contribution in [0.15, 0.2) is 24.3 Å². The van der Waals surface area contributed by atoms with E-state index in [0.717, 1.165) is 38.5 Å². The van der Waals surface area contributed by atoms with Crippen LogP contribution < -0.4 is 20.9 Å². The molecule has 0 aromatic heterocycles. The molecular weight excluding hydrogens is 268 g/mol.